The smallest absolute Gasteiger partial charge is 0.261 e. The van der Waals surface area contributed by atoms with E-state index in [4.69, 9.17) is 4.74 Å². The summed E-state index contributed by atoms with van der Waals surface area (Å²) in [6.07, 6.45) is 0. The Morgan fingerprint density at radius 1 is 0.967 bits per heavy atom. The lowest BCUT2D eigenvalue weighted by molar-refractivity contribution is 0.0773. The van der Waals surface area contributed by atoms with Crippen molar-refractivity contribution >= 4 is 21.6 Å². The van der Waals surface area contributed by atoms with Crippen molar-refractivity contribution in [1.82, 2.24) is 4.90 Å². The summed E-state index contributed by atoms with van der Waals surface area (Å²) in [5.74, 6) is -0.222. The van der Waals surface area contributed by atoms with Gasteiger partial charge in [0.2, 0.25) is 0 Å². The van der Waals surface area contributed by atoms with Gasteiger partial charge in [0, 0.05) is 12.6 Å². The molecule has 0 aliphatic rings. The molecule has 0 aliphatic heterocycles. The van der Waals surface area contributed by atoms with E-state index < -0.39 is 15.8 Å². The minimum atomic E-state index is -3.98. The van der Waals surface area contributed by atoms with Gasteiger partial charge in [-0.25, -0.2) is 12.8 Å². The summed E-state index contributed by atoms with van der Waals surface area (Å²) in [6.45, 7) is 0.688. The number of rotatable bonds is 8. The number of hydrogen-bond donors (Lipinski definition) is 1. The summed E-state index contributed by atoms with van der Waals surface area (Å²) < 4.78 is 46.4. The topological polar surface area (TPSA) is 75.7 Å². The van der Waals surface area contributed by atoms with E-state index >= 15 is 0 Å². The molecule has 0 unspecified atom stereocenters. The molecule has 0 radical (unpaired) electrons. The molecule has 3 aromatic carbocycles. The minimum absolute atomic E-state index is 0.0719. The maximum Gasteiger partial charge on any atom is 0.261 e. The molecule has 1 amide bonds. The zero-order chi connectivity index (χ0) is 21.6. The Labute approximate surface area is 175 Å². The Hall–Kier alpha value is -3.39. The summed E-state index contributed by atoms with van der Waals surface area (Å²) in [6, 6.07) is 20.2. The quantitative estimate of drug-likeness (QED) is 0.593. The van der Waals surface area contributed by atoms with Gasteiger partial charge in [0.05, 0.1) is 17.1 Å². The van der Waals surface area contributed by atoms with Gasteiger partial charge in [0.25, 0.3) is 15.9 Å². The summed E-state index contributed by atoms with van der Waals surface area (Å²) in [7, 11) is -2.34. The molecular weight excluding hydrogens is 407 g/mol. The second-order valence-corrected chi connectivity index (χ2v) is 8.18. The third-order valence-corrected chi connectivity index (χ3v) is 5.70. The van der Waals surface area contributed by atoms with Gasteiger partial charge in [-0.3, -0.25) is 9.52 Å². The Kier molecular flexibility index (Phi) is 6.68. The number of likely N-dealkylation sites (N-methyl/N-ethyl adjacent to an activating group) is 1. The van der Waals surface area contributed by atoms with Crippen LogP contribution in [0, 0.1) is 5.82 Å². The first-order valence-electron chi connectivity index (χ1n) is 9.17. The Morgan fingerprint density at radius 2 is 1.60 bits per heavy atom. The van der Waals surface area contributed by atoms with Crippen molar-refractivity contribution in [3.63, 3.8) is 0 Å². The first-order valence-corrected chi connectivity index (χ1v) is 10.7. The molecule has 30 heavy (non-hydrogen) atoms. The summed E-state index contributed by atoms with van der Waals surface area (Å²) in [4.78, 5) is 14.0. The lowest BCUT2D eigenvalue weighted by atomic mass is 10.2. The Morgan fingerprint density at radius 3 is 2.27 bits per heavy atom. The first-order chi connectivity index (χ1) is 14.4. The highest BCUT2D eigenvalue weighted by Crippen LogP contribution is 2.19. The average molecular weight is 428 g/mol. The fraction of sp³-hybridized carbons (Fsp3) is 0.136. The minimum Gasteiger partial charge on any atom is -0.492 e. The monoisotopic (exact) mass is 428 g/mol. The standard InChI is InChI=1S/C22H21FN2O4S/c1-25(15-16-29-18-7-3-2-4-8-18)22(26)17-11-13-19(14-12-17)30(27,28)24-21-10-6-5-9-20(21)23/h2-14,24H,15-16H2,1H3. The highest BCUT2D eigenvalue weighted by Gasteiger charge is 2.18. The molecule has 156 valence electrons. The van der Waals surface area contributed by atoms with E-state index in [2.05, 4.69) is 4.72 Å². The summed E-state index contributed by atoms with van der Waals surface area (Å²) in [5, 5.41) is 0. The van der Waals surface area contributed by atoms with Crippen molar-refractivity contribution in [3.8, 4) is 5.75 Å². The predicted molar refractivity (Wildman–Crippen MR) is 113 cm³/mol. The van der Waals surface area contributed by atoms with Crippen molar-refractivity contribution in [2.75, 3.05) is 24.9 Å². The number of hydrogen-bond acceptors (Lipinski definition) is 4. The van der Waals surface area contributed by atoms with E-state index in [0.717, 1.165) is 11.8 Å². The zero-order valence-corrected chi connectivity index (χ0v) is 17.1. The van der Waals surface area contributed by atoms with Crippen LogP contribution in [0.3, 0.4) is 0 Å². The highest BCUT2D eigenvalue weighted by molar-refractivity contribution is 7.92. The molecule has 0 bridgehead atoms. The second kappa shape index (κ2) is 9.41. The Bertz CT molecular complexity index is 1100. The van der Waals surface area contributed by atoms with Gasteiger partial charge >= 0.3 is 0 Å². The lowest BCUT2D eigenvalue weighted by Crippen LogP contribution is -2.30. The number of carbonyl (C=O) groups is 1. The van der Waals surface area contributed by atoms with E-state index in [1.165, 1.54) is 47.4 Å². The van der Waals surface area contributed by atoms with E-state index in [0.29, 0.717) is 18.7 Å². The van der Waals surface area contributed by atoms with Crippen molar-refractivity contribution in [2.24, 2.45) is 0 Å². The van der Waals surface area contributed by atoms with Crippen LogP contribution in [0.25, 0.3) is 0 Å². The van der Waals surface area contributed by atoms with E-state index in [9.17, 15) is 17.6 Å². The molecule has 1 N–H and O–H groups in total. The van der Waals surface area contributed by atoms with E-state index in [-0.39, 0.29) is 16.5 Å². The maximum absolute atomic E-state index is 13.7. The summed E-state index contributed by atoms with van der Waals surface area (Å²) in [5.41, 5.74) is 0.192. The lowest BCUT2D eigenvalue weighted by Gasteiger charge is -2.18. The molecule has 0 fully saturated rings. The largest absolute Gasteiger partial charge is 0.492 e. The molecule has 0 saturated heterocycles. The number of nitrogens with one attached hydrogen (secondary N) is 1. The molecule has 3 rings (SSSR count). The number of benzene rings is 3. The van der Waals surface area contributed by atoms with Gasteiger partial charge in [-0.1, -0.05) is 30.3 Å². The van der Waals surface area contributed by atoms with Gasteiger partial charge in [0.15, 0.2) is 0 Å². The van der Waals surface area contributed by atoms with Crippen molar-refractivity contribution in [1.29, 1.82) is 0 Å². The number of amides is 1. The second-order valence-electron chi connectivity index (χ2n) is 6.50. The fourth-order valence-electron chi connectivity index (χ4n) is 2.66. The third kappa shape index (κ3) is 5.36. The van der Waals surface area contributed by atoms with Crippen molar-refractivity contribution in [2.45, 2.75) is 4.90 Å². The van der Waals surface area contributed by atoms with E-state index in [1.54, 1.807) is 7.05 Å². The van der Waals surface area contributed by atoms with Gasteiger partial charge in [-0.05, 0) is 48.5 Å². The molecule has 6 nitrogen and oxygen atoms in total. The van der Waals surface area contributed by atoms with Crippen LogP contribution in [0.4, 0.5) is 10.1 Å². The van der Waals surface area contributed by atoms with Crippen LogP contribution in [0.15, 0.2) is 83.8 Å². The molecule has 3 aromatic rings. The number of para-hydroxylation sites is 2. The van der Waals surface area contributed by atoms with Crippen LogP contribution < -0.4 is 9.46 Å². The molecule has 0 heterocycles. The molecule has 0 spiro atoms. The summed E-state index contributed by atoms with van der Waals surface area (Å²) >= 11 is 0. The number of ether oxygens (including phenoxy) is 1. The Balaban J connectivity index is 1.61. The van der Waals surface area contributed by atoms with Gasteiger partial charge in [0.1, 0.15) is 18.2 Å². The van der Waals surface area contributed by atoms with Crippen LogP contribution >= 0.6 is 0 Å². The molecule has 0 aromatic heterocycles. The van der Waals surface area contributed by atoms with Gasteiger partial charge < -0.3 is 9.64 Å². The molecule has 0 aliphatic carbocycles. The van der Waals surface area contributed by atoms with Crippen molar-refractivity contribution < 1.29 is 22.3 Å². The van der Waals surface area contributed by atoms with Crippen LogP contribution in [-0.2, 0) is 10.0 Å². The van der Waals surface area contributed by atoms with Crippen LogP contribution in [-0.4, -0.2) is 39.4 Å². The predicted octanol–water partition coefficient (Wildman–Crippen LogP) is 3.78. The number of sulfonamides is 1. The highest BCUT2D eigenvalue weighted by atomic mass is 32.2. The van der Waals surface area contributed by atoms with Crippen LogP contribution in [0.5, 0.6) is 5.75 Å². The number of carbonyl (C=O) groups excluding carboxylic acids is 1. The van der Waals surface area contributed by atoms with E-state index in [1.807, 2.05) is 30.3 Å². The SMILES string of the molecule is CN(CCOc1ccccc1)C(=O)c1ccc(S(=O)(=O)Nc2ccccc2F)cc1. The first kappa shape index (κ1) is 21.3. The van der Waals surface area contributed by atoms with Crippen LogP contribution in [0.2, 0.25) is 0 Å². The third-order valence-electron chi connectivity index (χ3n) is 4.32. The number of halogens is 1. The van der Waals surface area contributed by atoms with Crippen molar-refractivity contribution in [3.05, 3.63) is 90.2 Å². The normalized spacial score (nSPS) is 11.0. The maximum atomic E-state index is 13.7. The number of anilines is 1. The van der Waals surface area contributed by atoms with Crippen LogP contribution in [0.1, 0.15) is 10.4 Å². The van der Waals surface area contributed by atoms with Gasteiger partial charge in [-0.15, -0.1) is 0 Å². The van der Waals surface area contributed by atoms with Gasteiger partial charge in [-0.2, -0.15) is 0 Å². The average Bonchev–Trinajstić information content (AvgIpc) is 2.75. The molecular formula is C22H21FN2O4S. The molecule has 8 heteroatoms. The zero-order valence-electron chi connectivity index (χ0n) is 16.3. The molecule has 0 atom stereocenters. The molecule has 0 saturated carbocycles. The number of nitrogens with zero attached hydrogens (tertiary/aromatic N) is 1. The fourth-order valence-corrected chi connectivity index (χ4v) is 3.73.